The summed E-state index contributed by atoms with van der Waals surface area (Å²) in [5.41, 5.74) is 8.34. The minimum atomic E-state index is -0.309. The second kappa shape index (κ2) is 11.1. The molecule has 2 aromatic heterocycles. The molecule has 1 amide bonds. The number of aromatic nitrogens is 3. The number of oxazole rings is 1. The molecule has 6 rings (SSSR count). The summed E-state index contributed by atoms with van der Waals surface area (Å²) in [4.78, 5) is 24.9. The van der Waals surface area contributed by atoms with Gasteiger partial charge in [0.1, 0.15) is 11.6 Å². The Hall–Kier alpha value is -4.49. The Kier molecular flexibility index (Phi) is 7.29. The van der Waals surface area contributed by atoms with Gasteiger partial charge >= 0.3 is 0 Å². The maximum atomic E-state index is 13.3. The van der Waals surface area contributed by atoms with Crippen LogP contribution in [0.25, 0.3) is 33.7 Å². The number of amides is 1. The van der Waals surface area contributed by atoms with Gasteiger partial charge in [0, 0.05) is 49.9 Å². The van der Waals surface area contributed by atoms with Gasteiger partial charge in [0.2, 0.25) is 5.89 Å². The van der Waals surface area contributed by atoms with Crippen molar-refractivity contribution in [1.82, 2.24) is 24.8 Å². The van der Waals surface area contributed by atoms with Crippen molar-refractivity contribution in [2.45, 2.75) is 26.4 Å². The highest BCUT2D eigenvalue weighted by molar-refractivity contribution is 6.36. The molecule has 0 radical (unpaired) electrons. The van der Waals surface area contributed by atoms with Crippen LogP contribution in [-0.4, -0.2) is 46.0 Å². The number of imidazole rings is 1. The zero-order chi connectivity index (χ0) is 29.5. The highest BCUT2D eigenvalue weighted by Gasteiger charge is 2.25. The average Bonchev–Trinajstić information content (AvgIpc) is 3.55. The Labute approximate surface area is 248 Å². The second-order valence-corrected chi connectivity index (χ2v) is 11.0. The van der Waals surface area contributed by atoms with Crippen molar-refractivity contribution in [2.24, 2.45) is 7.05 Å². The van der Waals surface area contributed by atoms with Gasteiger partial charge < -0.3 is 24.5 Å². The summed E-state index contributed by atoms with van der Waals surface area (Å²) in [7, 11) is 5.79. The molecule has 3 heterocycles. The van der Waals surface area contributed by atoms with Gasteiger partial charge in [-0.15, -0.1) is 0 Å². The first kappa shape index (κ1) is 27.7. The summed E-state index contributed by atoms with van der Waals surface area (Å²) in [5.74, 6) is 0.476. The number of nitriles is 1. The predicted molar refractivity (Wildman–Crippen MR) is 163 cm³/mol. The summed E-state index contributed by atoms with van der Waals surface area (Å²) in [6.45, 7) is 4.25. The highest BCUT2D eigenvalue weighted by atomic mass is 35.5. The fourth-order valence-corrected chi connectivity index (χ4v) is 5.91. The summed E-state index contributed by atoms with van der Waals surface area (Å²) < 4.78 is 8.01. The number of anilines is 1. The SMILES string of the molecule is CNCc1cc(C#N)c2oc(-c3cccc(-c4cccc(NC(=O)c5nc6c(n5C)CCN(C)C6)c4Cl)c3C)nc2c1. The second-order valence-electron chi connectivity index (χ2n) is 10.6. The lowest BCUT2D eigenvalue weighted by Crippen LogP contribution is -2.27. The molecule has 0 bridgehead atoms. The van der Waals surface area contributed by atoms with Crippen LogP contribution in [0.3, 0.4) is 0 Å². The Morgan fingerprint density at radius 3 is 2.67 bits per heavy atom. The number of likely N-dealkylation sites (N-methyl/N-ethyl adjacent to an activating group) is 1. The fourth-order valence-electron chi connectivity index (χ4n) is 5.63. The molecular formula is C32H30ClN7O2. The number of benzene rings is 3. The molecule has 0 aliphatic carbocycles. The van der Waals surface area contributed by atoms with Gasteiger partial charge in [-0.05, 0) is 62.0 Å². The van der Waals surface area contributed by atoms with Crippen molar-refractivity contribution < 1.29 is 9.21 Å². The quantitative estimate of drug-likeness (QED) is 0.266. The molecule has 10 heteroatoms. The van der Waals surface area contributed by atoms with Gasteiger partial charge in [0.25, 0.3) is 5.91 Å². The molecule has 0 spiro atoms. The Morgan fingerprint density at radius 1 is 1.12 bits per heavy atom. The Balaban J connectivity index is 1.34. The van der Waals surface area contributed by atoms with E-state index in [0.29, 0.717) is 45.6 Å². The largest absolute Gasteiger partial charge is 0.435 e. The Bertz CT molecular complexity index is 1900. The van der Waals surface area contributed by atoms with E-state index in [9.17, 15) is 10.1 Å². The third-order valence-electron chi connectivity index (χ3n) is 7.80. The number of halogens is 1. The predicted octanol–water partition coefficient (Wildman–Crippen LogP) is 5.69. The van der Waals surface area contributed by atoms with Gasteiger partial charge in [-0.2, -0.15) is 5.26 Å². The minimum Gasteiger partial charge on any atom is -0.435 e. The van der Waals surface area contributed by atoms with Crippen molar-refractivity contribution in [1.29, 1.82) is 5.26 Å². The van der Waals surface area contributed by atoms with Gasteiger partial charge in [-0.3, -0.25) is 4.79 Å². The molecular weight excluding hydrogens is 550 g/mol. The van der Waals surface area contributed by atoms with E-state index in [4.69, 9.17) is 21.0 Å². The number of hydrogen-bond donors (Lipinski definition) is 2. The van der Waals surface area contributed by atoms with Crippen LogP contribution < -0.4 is 10.6 Å². The van der Waals surface area contributed by atoms with E-state index in [1.54, 1.807) is 6.07 Å². The monoisotopic (exact) mass is 579 g/mol. The molecule has 42 heavy (non-hydrogen) atoms. The van der Waals surface area contributed by atoms with Crippen LogP contribution >= 0.6 is 11.6 Å². The van der Waals surface area contributed by atoms with E-state index in [1.807, 2.05) is 68.1 Å². The van der Waals surface area contributed by atoms with Crippen molar-refractivity contribution in [2.75, 3.05) is 26.0 Å². The molecule has 1 aliphatic rings. The zero-order valence-electron chi connectivity index (χ0n) is 23.9. The molecule has 2 N–H and O–H groups in total. The number of nitrogens with one attached hydrogen (secondary N) is 2. The summed E-state index contributed by atoms with van der Waals surface area (Å²) in [5, 5.41) is 16.2. The van der Waals surface area contributed by atoms with E-state index in [2.05, 4.69) is 33.6 Å². The number of carbonyl (C=O) groups is 1. The van der Waals surface area contributed by atoms with Crippen LogP contribution in [-0.2, 0) is 26.6 Å². The Morgan fingerprint density at radius 2 is 1.88 bits per heavy atom. The highest BCUT2D eigenvalue weighted by Crippen LogP contribution is 2.39. The maximum Gasteiger partial charge on any atom is 0.291 e. The third-order valence-corrected chi connectivity index (χ3v) is 8.21. The van der Waals surface area contributed by atoms with Crippen molar-refractivity contribution in [3.63, 3.8) is 0 Å². The molecule has 0 fully saturated rings. The van der Waals surface area contributed by atoms with Crippen LogP contribution in [0.5, 0.6) is 0 Å². The molecule has 0 unspecified atom stereocenters. The smallest absolute Gasteiger partial charge is 0.291 e. The van der Waals surface area contributed by atoms with Crippen LogP contribution in [0.15, 0.2) is 52.9 Å². The number of carbonyl (C=O) groups excluding carboxylic acids is 1. The minimum absolute atomic E-state index is 0.309. The van der Waals surface area contributed by atoms with Gasteiger partial charge in [0.05, 0.1) is 22.0 Å². The van der Waals surface area contributed by atoms with Crippen LogP contribution in [0.1, 0.15) is 38.7 Å². The lowest BCUT2D eigenvalue weighted by Gasteiger charge is -2.21. The fraction of sp³-hybridized carbons (Fsp3) is 0.250. The van der Waals surface area contributed by atoms with E-state index in [-0.39, 0.29) is 5.91 Å². The molecule has 1 aliphatic heterocycles. The normalized spacial score (nSPS) is 13.2. The summed E-state index contributed by atoms with van der Waals surface area (Å²) >= 11 is 6.93. The first-order valence-corrected chi connectivity index (χ1v) is 14.1. The standard InChI is InChI=1S/C32H30ClN7O2/c1-18-21(7-5-8-22(18)32-38-25-14-19(16-35-2)13-20(15-34)29(25)42-32)23-9-6-10-24(28(23)33)37-31(41)30-36-26-17-39(3)12-11-27(26)40(30)4/h5-10,13-14,35H,11-12,16-17H2,1-4H3,(H,37,41). The van der Waals surface area contributed by atoms with E-state index in [1.165, 1.54) is 0 Å². The average molecular weight is 580 g/mol. The van der Waals surface area contributed by atoms with Crippen LogP contribution in [0, 0.1) is 18.3 Å². The van der Waals surface area contributed by atoms with Gasteiger partial charge in [-0.25, -0.2) is 9.97 Å². The maximum absolute atomic E-state index is 13.3. The van der Waals surface area contributed by atoms with Crippen molar-refractivity contribution in [3.8, 4) is 28.7 Å². The van der Waals surface area contributed by atoms with Crippen molar-refractivity contribution in [3.05, 3.63) is 87.5 Å². The first-order valence-electron chi connectivity index (χ1n) is 13.7. The molecule has 212 valence electrons. The molecule has 5 aromatic rings. The van der Waals surface area contributed by atoms with E-state index < -0.39 is 0 Å². The molecule has 3 aromatic carbocycles. The summed E-state index contributed by atoms with van der Waals surface area (Å²) in [6.07, 6.45) is 0.851. The first-order chi connectivity index (χ1) is 20.3. The third kappa shape index (κ3) is 4.84. The topological polar surface area (TPSA) is 112 Å². The lowest BCUT2D eigenvalue weighted by atomic mass is 9.96. The summed E-state index contributed by atoms with van der Waals surface area (Å²) in [6, 6.07) is 17.4. The van der Waals surface area contributed by atoms with E-state index in [0.717, 1.165) is 58.7 Å². The number of rotatable bonds is 6. The molecule has 0 saturated heterocycles. The van der Waals surface area contributed by atoms with Crippen LogP contribution in [0.4, 0.5) is 5.69 Å². The number of hydrogen-bond acceptors (Lipinski definition) is 7. The van der Waals surface area contributed by atoms with Crippen LogP contribution in [0.2, 0.25) is 5.02 Å². The number of nitrogens with zero attached hydrogens (tertiary/aromatic N) is 5. The van der Waals surface area contributed by atoms with Crippen molar-refractivity contribution >= 4 is 34.3 Å². The molecule has 0 atom stereocenters. The number of fused-ring (bicyclic) bond motifs is 2. The zero-order valence-corrected chi connectivity index (χ0v) is 24.6. The van der Waals surface area contributed by atoms with Gasteiger partial charge in [0.15, 0.2) is 11.4 Å². The van der Waals surface area contributed by atoms with Gasteiger partial charge in [-0.1, -0.05) is 35.9 Å². The molecule has 9 nitrogen and oxygen atoms in total. The molecule has 0 saturated carbocycles. The van der Waals surface area contributed by atoms with E-state index >= 15 is 0 Å². The lowest BCUT2D eigenvalue weighted by molar-refractivity contribution is 0.101.